The van der Waals surface area contributed by atoms with E-state index in [1.807, 2.05) is 18.2 Å². The van der Waals surface area contributed by atoms with Crippen LogP contribution in [-0.4, -0.2) is 15.9 Å². The molecule has 2 aromatic carbocycles. The van der Waals surface area contributed by atoms with E-state index in [4.69, 9.17) is 5.41 Å². The fraction of sp³-hybridized carbons (Fsp3) is 0.472. The van der Waals surface area contributed by atoms with Gasteiger partial charge in [-0.2, -0.15) is 0 Å². The van der Waals surface area contributed by atoms with Crippen LogP contribution < -0.4 is 0 Å². The van der Waals surface area contributed by atoms with Crippen molar-refractivity contribution in [2.24, 2.45) is 0 Å². The third-order valence-corrected chi connectivity index (χ3v) is 9.76. The minimum Gasteiger partial charge on any atom is -0.507 e. The number of phenolic OH excluding ortho intramolecular Hbond substituents is 2. The van der Waals surface area contributed by atoms with Gasteiger partial charge in [-0.05, 0) is 62.0 Å². The van der Waals surface area contributed by atoms with Gasteiger partial charge in [-0.15, -0.1) is 0 Å². The fourth-order valence-electron chi connectivity index (χ4n) is 7.38. The van der Waals surface area contributed by atoms with E-state index in [9.17, 15) is 10.2 Å². The average Bonchev–Trinajstić information content (AvgIpc) is 2.91. The van der Waals surface area contributed by atoms with E-state index < -0.39 is 0 Å². The van der Waals surface area contributed by atoms with Crippen molar-refractivity contribution in [3.8, 4) is 11.5 Å². The van der Waals surface area contributed by atoms with Crippen LogP contribution in [0.2, 0.25) is 0 Å². The minimum atomic E-state index is -0.381. The number of allylic oxidation sites excluding steroid dienone is 6. The monoisotopic (exact) mass is 523 g/mol. The van der Waals surface area contributed by atoms with Gasteiger partial charge in [0.15, 0.2) is 0 Å². The van der Waals surface area contributed by atoms with E-state index in [0.29, 0.717) is 17.2 Å². The molecule has 2 saturated carbocycles. The highest BCUT2D eigenvalue weighted by Crippen LogP contribution is 2.50. The maximum atomic E-state index is 12.0. The van der Waals surface area contributed by atoms with E-state index in [1.165, 1.54) is 38.5 Å². The number of hydrogen-bond donors (Lipinski definition) is 3. The van der Waals surface area contributed by atoms with Gasteiger partial charge in [0.25, 0.3) is 0 Å². The van der Waals surface area contributed by atoms with Crippen molar-refractivity contribution in [2.45, 2.75) is 109 Å². The molecule has 0 amide bonds. The zero-order chi connectivity index (χ0) is 27.8. The van der Waals surface area contributed by atoms with Gasteiger partial charge < -0.3 is 15.6 Å². The predicted molar refractivity (Wildman–Crippen MR) is 162 cm³/mol. The second-order valence-corrected chi connectivity index (χ2v) is 13.0. The Hall–Kier alpha value is -3.07. The molecule has 0 atom stereocenters. The van der Waals surface area contributed by atoms with E-state index in [-0.39, 0.29) is 16.7 Å². The van der Waals surface area contributed by atoms with Crippen molar-refractivity contribution < 1.29 is 10.2 Å². The first kappa shape index (κ1) is 27.5. The topological polar surface area (TPSA) is 64.3 Å². The molecule has 0 saturated heterocycles. The lowest BCUT2D eigenvalue weighted by Crippen LogP contribution is -2.26. The van der Waals surface area contributed by atoms with Crippen molar-refractivity contribution in [2.75, 3.05) is 0 Å². The number of aryl methyl sites for hydroxylation is 2. The van der Waals surface area contributed by atoms with Gasteiger partial charge in [-0.3, -0.25) is 0 Å². The second-order valence-electron chi connectivity index (χ2n) is 13.0. The van der Waals surface area contributed by atoms with Crippen LogP contribution in [0.4, 0.5) is 0 Å². The second kappa shape index (κ2) is 10.8. The normalized spacial score (nSPS) is 21.6. The summed E-state index contributed by atoms with van der Waals surface area (Å²) in [5.74, 6) is 0.313. The lowest BCUT2D eigenvalue weighted by Gasteiger charge is -2.37. The molecule has 0 unspecified atom stereocenters. The van der Waals surface area contributed by atoms with Crippen molar-refractivity contribution in [1.29, 1.82) is 5.41 Å². The van der Waals surface area contributed by atoms with E-state index in [1.54, 1.807) is 6.08 Å². The Morgan fingerprint density at radius 1 is 0.692 bits per heavy atom. The first-order valence-corrected chi connectivity index (χ1v) is 14.9. The summed E-state index contributed by atoms with van der Waals surface area (Å²) in [7, 11) is 0. The molecule has 3 heteroatoms. The molecular weight excluding hydrogens is 478 g/mol. The fourth-order valence-corrected chi connectivity index (χ4v) is 7.38. The number of phenols is 2. The number of benzene rings is 2. The van der Waals surface area contributed by atoms with Gasteiger partial charge in [-0.25, -0.2) is 0 Å². The Morgan fingerprint density at radius 2 is 1.13 bits per heavy atom. The summed E-state index contributed by atoms with van der Waals surface area (Å²) in [6.07, 6.45) is 21.2. The summed E-state index contributed by atoms with van der Waals surface area (Å²) in [4.78, 5) is 0. The molecule has 0 radical (unpaired) electrons. The molecule has 3 aliphatic rings. The molecule has 0 aliphatic heterocycles. The number of aromatic hydroxyl groups is 2. The van der Waals surface area contributed by atoms with Gasteiger partial charge in [0.05, 0.1) is 5.71 Å². The molecule has 0 bridgehead atoms. The Kier molecular flexibility index (Phi) is 7.64. The molecule has 3 nitrogen and oxygen atoms in total. The number of rotatable bonds is 5. The van der Waals surface area contributed by atoms with Crippen molar-refractivity contribution in [3.63, 3.8) is 0 Å². The summed E-state index contributed by atoms with van der Waals surface area (Å²) in [6, 6.07) is 8.51. The van der Waals surface area contributed by atoms with Crippen LogP contribution >= 0.6 is 0 Å². The minimum absolute atomic E-state index is 0.0592. The molecule has 3 N–H and O–H groups in total. The van der Waals surface area contributed by atoms with Crippen LogP contribution in [0.25, 0.3) is 0 Å². The Labute approximate surface area is 234 Å². The Morgan fingerprint density at radius 3 is 1.56 bits per heavy atom. The zero-order valence-electron chi connectivity index (χ0n) is 24.2. The van der Waals surface area contributed by atoms with Crippen molar-refractivity contribution in [3.05, 3.63) is 93.6 Å². The molecule has 5 rings (SSSR count). The lowest BCUT2D eigenvalue weighted by atomic mass is 9.68. The van der Waals surface area contributed by atoms with Crippen LogP contribution in [0.3, 0.4) is 0 Å². The first-order chi connectivity index (χ1) is 18.6. The molecule has 39 heavy (non-hydrogen) atoms. The van der Waals surface area contributed by atoms with Crippen LogP contribution in [-0.2, 0) is 10.8 Å². The van der Waals surface area contributed by atoms with Crippen LogP contribution in [0, 0.1) is 19.3 Å². The van der Waals surface area contributed by atoms with Crippen LogP contribution in [0.1, 0.15) is 117 Å². The van der Waals surface area contributed by atoms with Gasteiger partial charge in [-0.1, -0.05) is 112 Å². The van der Waals surface area contributed by atoms with Gasteiger partial charge in [0.2, 0.25) is 0 Å². The summed E-state index contributed by atoms with van der Waals surface area (Å²) in [6.45, 7) is 8.82. The third kappa shape index (κ3) is 5.38. The lowest BCUT2D eigenvalue weighted by molar-refractivity contribution is 0.306. The van der Waals surface area contributed by atoms with Gasteiger partial charge >= 0.3 is 0 Å². The maximum absolute atomic E-state index is 12.0. The molecule has 0 spiro atoms. The zero-order valence-corrected chi connectivity index (χ0v) is 24.2. The predicted octanol–water partition coefficient (Wildman–Crippen LogP) is 9.36. The largest absolute Gasteiger partial charge is 0.507 e. The Bertz CT molecular complexity index is 1270. The van der Waals surface area contributed by atoms with E-state index in [2.05, 4.69) is 58.0 Å². The van der Waals surface area contributed by atoms with Crippen LogP contribution in [0.15, 0.2) is 60.2 Å². The summed E-state index contributed by atoms with van der Waals surface area (Å²) in [5, 5.41) is 32.6. The average molecular weight is 524 g/mol. The Balaban J connectivity index is 1.73. The summed E-state index contributed by atoms with van der Waals surface area (Å²) < 4.78 is 0. The van der Waals surface area contributed by atoms with Gasteiger partial charge in [0.1, 0.15) is 11.5 Å². The van der Waals surface area contributed by atoms with Crippen molar-refractivity contribution >= 4 is 5.71 Å². The molecule has 206 valence electrons. The highest BCUT2D eigenvalue weighted by molar-refractivity contribution is 6.09. The van der Waals surface area contributed by atoms with Gasteiger partial charge in [0, 0.05) is 28.2 Å². The molecule has 2 fully saturated rings. The quantitative estimate of drug-likeness (QED) is 0.365. The van der Waals surface area contributed by atoms with E-state index >= 15 is 0 Å². The molecule has 0 heterocycles. The number of nitrogens with one attached hydrogen (secondary N) is 1. The SMILES string of the molecule is Cc1cc(C(/C=C2\C=CC=CC2=N)c2cc(C)cc(C3(C)CCCCC3)c2O)c(O)c(C2(C)CCCCC2)c1. The highest BCUT2D eigenvalue weighted by atomic mass is 16.3. The first-order valence-electron chi connectivity index (χ1n) is 14.9. The molecule has 2 aromatic rings. The van der Waals surface area contributed by atoms with Crippen LogP contribution in [0.5, 0.6) is 11.5 Å². The molecule has 0 aromatic heterocycles. The summed E-state index contributed by atoms with van der Waals surface area (Å²) >= 11 is 0. The molecular formula is C36H45NO2. The number of hydrogen-bond acceptors (Lipinski definition) is 3. The smallest absolute Gasteiger partial charge is 0.123 e. The summed E-state index contributed by atoms with van der Waals surface area (Å²) in [5.41, 5.74) is 7.07. The molecule has 3 aliphatic carbocycles. The maximum Gasteiger partial charge on any atom is 0.123 e. The standard InChI is InChI=1S/C36H45NO2/c1-24-19-28(33(38)30(21-24)35(3)15-9-5-10-16-35)27(23-26-13-7-8-14-32(26)37)29-20-25(2)22-31(34(29)39)36(4)17-11-6-12-18-36/h7-8,13-14,19-23,27,37-39H,5-6,9-12,15-18H2,1-4H3/b26-23+,37-32?. The highest BCUT2D eigenvalue weighted by Gasteiger charge is 2.36. The van der Waals surface area contributed by atoms with E-state index in [0.717, 1.165) is 64.6 Å². The third-order valence-electron chi connectivity index (χ3n) is 9.76. The van der Waals surface area contributed by atoms with Crippen molar-refractivity contribution in [1.82, 2.24) is 0 Å².